The topological polar surface area (TPSA) is 135 Å². The van der Waals surface area contributed by atoms with Crippen LogP contribution in [0, 0.1) is 11.7 Å². The summed E-state index contributed by atoms with van der Waals surface area (Å²) in [4.78, 5) is 34.0. The van der Waals surface area contributed by atoms with Gasteiger partial charge in [-0.05, 0) is 68.7 Å². The lowest BCUT2D eigenvalue weighted by Gasteiger charge is -2.28. The molecule has 1 aliphatic heterocycles. The van der Waals surface area contributed by atoms with E-state index in [2.05, 4.69) is 51.8 Å². The molecule has 2 amide bonds. The molecule has 2 fully saturated rings. The molecule has 1 saturated carbocycles. The summed E-state index contributed by atoms with van der Waals surface area (Å²) in [7, 11) is 0. The highest BCUT2D eigenvalue weighted by molar-refractivity contribution is 5.92. The summed E-state index contributed by atoms with van der Waals surface area (Å²) in [5, 5.41) is 17.0. The van der Waals surface area contributed by atoms with Crippen LogP contribution in [0.25, 0.3) is 5.65 Å². The first-order valence-corrected chi connectivity index (χ1v) is 14.7. The number of hydrogen-bond donors (Lipinski definition) is 4. The molecule has 224 valence electrons. The highest BCUT2D eigenvalue weighted by Gasteiger charge is 2.27. The van der Waals surface area contributed by atoms with Crippen LogP contribution in [0.3, 0.4) is 0 Å². The van der Waals surface area contributed by atoms with Crippen LogP contribution in [-0.2, 0) is 20.9 Å². The van der Waals surface area contributed by atoms with Crippen LogP contribution in [0.2, 0.25) is 0 Å². The zero-order valence-electron chi connectivity index (χ0n) is 24.2. The van der Waals surface area contributed by atoms with Gasteiger partial charge in [-0.1, -0.05) is 20.4 Å². The number of nitrogens with zero attached hydrogens (tertiary/aromatic N) is 4. The number of halogens is 1. The smallest absolute Gasteiger partial charge is 0.243 e. The molecule has 0 unspecified atom stereocenters. The predicted octanol–water partition coefficient (Wildman–Crippen LogP) is 4.39. The van der Waals surface area contributed by atoms with Crippen molar-refractivity contribution >= 4 is 35.0 Å². The fourth-order valence-corrected chi connectivity index (χ4v) is 5.47. The normalized spacial score (nSPS) is 19.4. The van der Waals surface area contributed by atoms with Crippen molar-refractivity contribution in [3.63, 3.8) is 0 Å². The largest absolute Gasteiger partial charge is 0.381 e. The molecule has 5 rings (SSSR count). The van der Waals surface area contributed by atoms with Crippen LogP contribution in [0.5, 0.6) is 0 Å². The number of amides is 2. The number of fused-ring (bicyclic) bond motifs is 1. The third kappa shape index (κ3) is 7.04. The third-order valence-corrected chi connectivity index (χ3v) is 7.95. The second-order valence-electron chi connectivity index (χ2n) is 11.3. The molecule has 4 N–H and O–H groups in total. The van der Waals surface area contributed by atoms with Gasteiger partial charge in [-0.15, -0.1) is 0 Å². The summed E-state index contributed by atoms with van der Waals surface area (Å²) in [6.45, 7) is 9.16. The highest BCUT2D eigenvalue weighted by Crippen LogP contribution is 2.27. The van der Waals surface area contributed by atoms with Gasteiger partial charge in [-0.25, -0.2) is 4.39 Å². The first-order valence-electron chi connectivity index (χ1n) is 14.7. The fourth-order valence-electron chi connectivity index (χ4n) is 5.47. The Bertz CT molecular complexity index is 1430. The minimum Gasteiger partial charge on any atom is -0.381 e. The van der Waals surface area contributed by atoms with Gasteiger partial charge in [0.05, 0.1) is 6.20 Å². The standard InChI is InChI=1S/C30H39FN8O3/c1-4-26(40)34-21-7-5-19(6-8-21)28(41)35-23-9-10-25(31)20(15-23)16-32-30-38-29(36-22-11-13-42-14-12-22)37-27-24(18(2)3)17-33-39(27)30/h4,9-10,15,17-19,21-22H,1,5-8,11-14,16H2,2-3H3,(H,34,40)(H,35,41)(H2,32,36,37,38). The maximum atomic E-state index is 14.9. The van der Waals surface area contributed by atoms with Crippen molar-refractivity contribution in [1.29, 1.82) is 0 Å². The van der Waals surface area contributed by atoms with E-state index >= 15 is 0 Å². The second kappa shape index (κ2) is 13.3. The molecular formula is C30H39FN8O3. The summed E-state index contributed by atoms with van der Waals surface area (Å²) in [5.74, 6) is 0.272. The van der Waals surface area contributed by atoms with E-state index in [0.717, 1.165) is 31.2 Å². The van der Waals surface area contributed by atoms with E-state index in [9.17, 15) is 14.0 Å². The Morgan fingerprint density at radius 1 is 1.12 bits per heavy atom. The summed E-state index contributed by atoms with van der Waals surface area (Å²) < 4.78 is 22.0. The van der Waals surface area contributed by atoms with Crippen LogP contribution in [-0.4, -0.2) is 56.7 Å². The number of benzene rings is 1. The van der Waals surface area contributed by atoms with E-state index in [1.54, 1.807) is 22.8 Å². The van der Waals surface area contributed by atoms with E-state index in [1.807, 2.05) is 0 Å². The van der Waals surface area contributed by atoms with Gasteiger partial charge in [0.1, 0.15) is 5.82 Å². The number of rotatable bonds is 10. The van der Waals surface area contributed by atoms with Crippen LogP contribution in [0.1, 0.15) is 69.4 Å². The molecule has 1 saturated heterocycles. The lowest BCUT2D eigenvalue weighted by atomic mass is 9.85. The number of anilines is 3. The molecule has 3 heterocycles. The van der Waals surface area contributed by atoms with Gasteiger partial charge in [0.15, 0.2) is 5.65 Å². The molecular weight excluding hydrogens is 539 g/mol. The van der Waals surface area contributed by atoms with Crippen molar-refractivity contribution in [2.24, 2.45) is 5.92 Å². The number of carbonyl (C=O) groups is 2. The van der Waals surface area contributed by atoms with Crippen molar-refractivity contribution in [2.75, 3.05) is 29.2 Å². The Labute approximate surface area is 244 Å². The van der Waals surface area contributed by atoms with E-state index in [1.165, 1.54) is 12.1 Å². The lowest BCUT2D eigenvalue weighted by molar-refractivity contribution is -0.121. The van der Waals surface area contributed by atoms with E-state index in [-0.39, 0.29) is 42.3 Å². The van der Waals surface area contributed by atoms with E-state index in [4.69, 9.17) is 9.72 Å². The van der Waals surface area contributed by atoms with Gasteiger partial charge in [0.2, 0.25) is 23.7 Å². The minimum atomic E-state index is -0.395. The van der Waals surface area contributed by atoms with Gasteiger partial charge < -0.3 is 26.0 Å². The molecule has 0 atom stereocenters. The number of aromatic nitrogens is 4. The molecule has 11 nitrogen and oxygen atoms in total. The number of ether oxygens (including phenoxy) is 1. The first-order chi connectivity index (χ1) is 20.3. The quantitative estimate of drug-likeness (QED) is 0.260. The summed E-state index contributed by atoms with van der Waals surface area (Å²) >= 11 is 0. The van der Waals surface area contributed by atoms with Crippen molar-refractivity contribution in [3.05, 3.63) is 54.0 Å². The molecule has 0 spiro atoms. The number of carbonyl (C=O) groups excluding carboxylic acids is 2. The minimum absolute atomic E-state index is 0.0510. The Kier molecular flexibility index (Phi) is 9.31. The van der Waals surface area contributed by atoms with Gasteiger partial charge in [-0.3, -0.25) is 9.59 Å². The third-order valence-electron chi connectivity index (χ3n) is 7.95. The van der Waals surface area contributed by atoms with E-state index in [0.29, 0.717) is 54.9 Å². The Balaban J connectivity index is 1.27. The van der Waals surface area contributed by atoms with Crippen LogP contribution >= 0.6 is 0 Å². The summed E-state index contributed by atoms with van der Waals surface area (Å²) in [6, 6.07) is 4.81. The lowest BCUT2D eigenvalue weighted by Crippen LogP contribution is -2.38. The fraction of sp³-hybridized carbons (Fsp3) is 0.500. The van der Waals surface area contributed by atoms with Gasteiger partial charge in [-0.2, -0.15) is 19.6 Å². The highest BCUT2D eigenvalue weighted by atomic mass is 19.1. The first kappa shape index (κ1) is 29.4. The summed E-state index contributed by atoms with van der Waals surface area (Å²) in [5.41, 5.74) is 2.59. The molecule has 12 heteroatoms. The molecule has 0 bridgehead atoms. The van der Waals surface area contributed by atoms with Crippen molar-refractivity contribution in [3.8, 4) is 0 Å². The Morgan fingerprint density at radius 2 is 1.88 bits per heavy atom. The average Bonchev–Trinajstić information content (AvgIpc) is 3.42. The SMILES string of the molecule is C=CC(=O)NC1CCC(C(=O)Nc2ccc(F)c(CNc3nc(NC4CCOCC4)nc4c(C(C)C)cnn34)c2)CC1. The molecule has 3 aromatic rings. The molecule has 42 heavy (non-hydrogen) atoms. The zero-order chi connectivity index (χ0) is 29.6. The van der Waals surface area contributed by atoms with Gasteiger partial charge in [0.25, 0.3) is 0 Å². The van der Waals surface area contributed by atoms with Crippen molar-refractivity contribution < 1.29 is 18.7 Å². The van der Waals surface area contributed by atoms with Crippen LogP contribution in [0.15, 0.2) is 37.1 Å². The average molecular weight is 579 g/mol. The number of nitrogens with one attached hydrogen (secondary N) is 4. The zero-order valence-corrected chi connectivity index (χ0v) is 24.2. The number of hydrogen-bond acceptors (Lipinski definition) is 8. The molecule has 0 radical (unpaired) electrons. The molecule has 2 aromatic heterocycles. The molecule has 1 aromatic carbocycles. The Morgan fingerprint density at radius 3 is 2.60 bits per heavy atom. The predicted molar refractivity (Wildman–Crippen MR) is 159 cm³/mol. The van der Waals surface area contributed by atoms with E-state index < -0.39 is 5.82 Å². The molecule has 2 aliphatic rings. The monoisotopic (exact) mass is 578 g/mol. The summed E-state index contributed by atoms with van der Waals surface area (Å²) in [6.07, 6.45) is 7.56. The molecule has 1 aliphatic carbocycles. The van der Waals surface area contributed by atoms with Gasteiger partial charge in [0, 0.05) is 54.6 Å². The van der Waals surface area contributed by atoms with Crippen LogP contribution in [0.4, 0.5) is 22.0 Å². The Hall–Kier alpha value is -4.06. The van der Waals surface area contributed by atoms with Crippen molar-refractivity contribution in [1.82, 2.24) is 24.9 Å². The van der Waals surface area contributed by atoms with Crippen molar-refractivity contribution in [2.45, 2.75) is 76.9 Å². The maximum absolute atomic E-state index is 14.9. The van der Waals surface area contributed by atoms with Crippen LogP contribution < -0.4 is 21.3 Å². The second-order valence-corrected chi connectivity index (χ2v) is 11.3. The maximum Gasteiger partial charge on any atom is 0.243 e. The van der Waals surface area contributed by atoms with Gasteiger partial charge >= 0.3 is 0 Å².